The Morgan fingerprint density at radius 2 is 1.74 bits per heavy atom. The van der Waals surface area contributed by atoms with E-state index in [4.69, 9.17) is 23.2 Å². The first kappa shape index (κ1) is 15.9. The molecule has 1 saturated heterocycles. The Labute approximate surface area is 135 Å². The summed E-state index contributed by atoms with van der Waals surface area (Å²) in [6, 6.07) is 5.91. The first-order chi connectivity index (χ1) is 8.71. The van der Waals surface area contributed by atoms with Crippen LogP contribution in [-0.4, -0.2) is 11.0 Å². The summed E-state index contributed by atoms with van der Waals surface area (Å²) in [7, 11) is 0. The van der Waals surface area contributed by atoms with E-state index in [2.05, 4.69) is 51.6 Å². The van der Waals surface area contributed by atoms with E-state index in [0.29, 0.717) is 10.7 Å². The van der Waals surface area contributed by atoms with Gasteiger partial charge in [-0.1, -0.05) is 44.0 Å². The molecule has 0 radical (unpaired) electrons. The van der Waals surface area contributed by atoms with Gasteiger partial charge in [0.15, 0.2) is 0 Å². The van der Waals surface area contributed by atoms with E-state index in [1.807, 2.05) is 11.8 Å². The molecule has 1 heterocycles. The van der Waals surface area contributed by atoms with E-state index in [1.165, 1.54) is 17.7 Å². The first-order valence-electron chi connectivity index (χ1n) is 6.49. The largest absolute Gasteiger partial charge is 0.140 e. The predicted octanol–water partition coefficient (Wildman–Crippen LogP) is 6.45. The molecule has 0 aliphatic carbocycles. The van der Waals surface area contributed by atoms with Crippen LogP contribution in [0, 0.1) is 5.41 Å². The van der Waals surface area contributed by atoms with E-state index >= 15 is 0 Å². The van der Waals surface area contributed by atoms with Crippen LogP contribution in [-0.2, 0) is 4.08 Å². The SMILES string of the molecule is CC(C)(C)C1CCS[C@](C)(c2cc(Cl)cc(Cl)c2)S1. The van der Waals surface area contributed by atoms with Crippen molar-refractivity contribution in [2.75, 3.05) is 5.75 Å². The highest BCUT2D eigenvalue weighted by Gasteiger charge is 2.39. The van der Waals surface area contributed by atoms with Crippen LogP contribution in [0.2, 0.25) is 10.0 Å². The average molecular weight is 335 g/mol. The van der Waals surface area contributed by atoms with Crippen molar-refractivity contribution < 1.29 is 0 Å². The van der Waals surface area contributed by atoms with Crippen molar-refractivity contribution in [2.24, 2.45) is 5.41 Å². The van der Waals surface area contributed by atoms with Crippen LogP contribution in [0.15, 0.2) is 18.2 Å². The Morgan fingerprint density at radius 3 is 2.26 bits per heavy atom. The number of benzene rings is 1. The van der Waals surface area contributed by atoms with Gasteiger partial charge >= 0.3 is 0 Å². The zero-order valence-corrected chi connectivity index (χ0v) is 14.9. The second-order valence-electron chi connectivity index (χ2n) is 6.21. The molecule has 19 heavy (non-hydrogen) atoms. The van der Waals surface area contributed by atoms with Gasteiger partial charge in [-0.15, -0.1) is 23.5 Å². The molecule has 1 unspecified atom stereocenters. The van der Waals surface area contributed by atoms with E-state index < -0.39 is 0 Å². The minimum atomic E-state index is 0.0464. The van der Waals surface area contributed by atoms with E-state index in [1.54, 1.807) is 6.07 Å². The molecule has 1 aliphatic heterocycles. The predicted molar refractivity (Wildman–Crippen MR) is 91.7 cm³/mol. The normalized spacial score (nSPS) is 28.4. The molecule has 1 aromatic carbocycles. The molecule has 0 amide bonds. The van der Waals surface area contributed by atoms with Gasteiger partial charge in [-0.05, 0) is 48.3 Å². The molecule has 0 bridgehead atoms. The zero-order chi connectivity index (χ0) is 14.3. The molecule has 1 aliphatic rings. The maximum Gasteiger partial charge on any atom is 0.0836 e. The molecule has 2 atom stereocenters. The van der Waals surface area contributed by atoms with Gasteiger partial charge in [-0.3, -0.25) is 0 Å². The lowest BCUT2D eigenvalue weighted by Crippen LogP contribution is -2.32. The quantitative estimate of drug-likeness (QED) is 0.578. The average Bonchev–Trinajstić information content (AvgIpc) is 2.26. The van der Waals surface area contributed by atoms with Crippen LogP contribution >= 0.6 is 46.7 Å². The van der Waals surface area contributed by atoms with Crippen LogP contribution in [0.25, 0.3) is 0 Å². The topological polar surface area (TPSA) is 0 Å². The minimum absolute atomic E-state index is 0.0464. The summed E-state index contributed by atoms with van der Waals surface area (Å²) >= 11 is 16.4. The Hall–Kier alpha value is 0.500. The van der Waals surface area contributed by atoms with Crippen LogP contribution < -0.4 is 0 Å². The van der Waals surface area contributed by atoms with Gasteiger partial charge in [0.05, 0.1) is 4.08 Å². The van der Waals surface area contributed by atoms with Crippen molar-refractivity contribution in [2.45, 2.75) is 43.4 Å². The smallest absolute Gasteiger partial charge is 0.0836 e. The maximum absolute atomic E-state index is 6.15. The summed E-state index contributed by atoms with van der Waals surface area (Å²) in [5, 5.41) is 2.11. The molecule has 2 rings (SSSR count). The highest BCUT2D eigenvalue weighted by Crippen LogP contribution is 2.56. The molecule has 1 aromatic rings. The number of halogens is 2. The third-order valence-electron chi connectivity index (χ3n) is 3.48. The molecule has 1 fully saturated rings. The van der Waals surface area contributed by atoms with Crippen LogP contribution in [0.1, 0.15) is 39.7 Å². The Kier molecular flexibility index (Phi) is 4.77. The van der Waals surface area contributed by atoms with Gasteiger partial charge in [-0.2, -0.15) is 0 Å². The van der Waals surface area contributed by atoms with E-state index in [9.17, 15) is 0 Å². The van der Waals surface area contributed by atoms with Gasteiger partial charge in [-0.25, -0.2) is 0 Å². The van der Waals surface area contributed by atoms with Gasteiger partial charge in [0.2, 0.25) is 0 Å². The van der Waals surface area contributed by atoms with Crippen LogP contribution in [0.5, 0.6) is 0 Å². The standard InChI is InChI=1S/C15H20Cl2S2/c1-14(2,3)13-5-6-18-15(4,19-13)10-7-11(16)9-12(17)8-10/h7-9,13H,5-6H2,1-4H3/t13?,15-/m0/s1. The summed E-state index contributed by atoms with van der Waals surface area (Å²) in [6.45, 7) is 9.27. The van der Waals surface area contributed by atoms with Crippen LogP contribution in [0.4, 0.5) is 0 Å². The monoisotopic (exact) mass is 334 g/mol. The van der Waals surface area contributed by atoms with Crippen molar-refractivity contribution in [1.29, 1.82) is 0 Å². The lowest BCUT2D eigenvalue weighted by atomic mass is 9.90. The Balaban J connectivity index is 2.31. The summed E-state index contributed by atoms with van der Waals surface area (Å²) < 4.78 is 0.0464. The first-order valence-corrected chi connectivity index (χ1v) is 9.11. The minimum Gasteiger partial charge on any atom is -0.140 e. The molecular formula is C15H20Cl2S2. The number of rotatable bonds is 1. The fourth-order valence-corrected chi connectivity index (χ4v) is 6.26. The fourth-order valence-electron chi connectivity index (χ4n) is 2.30. The van der Waals surface area contributed by atoms with Crippen molar-refractivity contribution in [3.8, 4) is 0 Å². The van der Waals surface area contributed by atoms with Gasteiger partial charge in [0, 0.05) is 15.3 Å². The lowest BCUT2D eigenvalue weighted by molar-refractivity contribution is 0.386. The van der Waals surface area contributed by atoms with Gasteiger partial charge in [0.1, 0.15) is 0 Å². The highest BCUT2D eigenvalue weighted by molar-refractivity contribution is 8.18. The number of hydrogen-bond acceptors (Lipinski definition) is 2. The van der Waals surface area contributed by atoms with Gasteiger partial charge in [0.25, 0.3) is 0 Å². The zero-order valence-electron chi connectivity index (χ0n) is 11.8. The second kappa shape index (κ2) is 5.71. The molecule has 0 saturated carbocycles. The molecule has 0 nitrogen and oxygen atoms in total. The van der Waals surface area contributed by atoms with Gasteiger partial charge < -0.3 is 0 Å². The second-order valence-corrected chi connectivity index (χ2v) is 10.5. The number of thioether (sulfide) groups is 2. The highest BCUT2D eigenvalue weighted by atomic mass is 35.5. The molecule has 0 spiro atoms. The fraction of sp³-hybridized carbons (Fsp3) is 0.600. The van der Waals surface area contributed by atoms with E-state index in [0.717, 1.165) is 10.0 Å². The molecule has 0 N–H and O–H groups in total. The summed E-state index contributed by atoms with van der Waals surface area (Å²) in [4.78, 5) is 0. The van der Waals surface area contributed by atoms with Crippen molar-refractivity contribution in [1.82, 2.24) is 0 Å². The maximum atomic E-state index is 6.15. The molecule has 0 aromatic heterocycles. The Morgan fingerprint density at radius 1 is 1.16 bits per heavy atom. The summed E-state index contributed by atoms with van der Waals surface area (Å²) in [6.07, 6.45) is 1.27. The Bertz CT molecular complexity index is 447. The van der Waals surface area contributed by atoms with Crippen molar-refractivity contribution >= 4 is 46.7 Å². The van der Waals surface area contributed by atoms with Crippen molar-refractivity contribution in [3.63, 3.8) is 0 Å². The third kappa shape index (κ3) is 3.78. The summed E-state index contributed by atoms with van der Waals surface area (Å²) in [5.41, 5.74) is 1.56. The molecule has 4 heteroatoms. The molecule has 106 valence electrons. The van der Waals surface area contributed by atoms with Crippen molar-refractivity contribution in [3.05, 3.63) is 33.8 Å². The third-order valence-corrected chi connectivity index (χ3v) is 7.70. The molecular weight excluding hydrogens is 315 g/mol. The van der Waals surface area contributed by atoms with E-state index in [-0.39, 0.29) is 4.08 Å². The number of hydrogen-bond donors (Lipinski definition) is 0. The summed E-state index contributed by atoms with van der Waals surface area (Å²) in [5.74, 6) is 1.19. The van der Waals surface area contributed by atoms with Crippen LogP contribution in [0.3, 0.4) is 0 Å². The lowest BCUT2D eigenvalue weighted by Gasteiger charge is -2.43.